The van der Waals surface area contributed by atoms with Crippen molar-refractivity contribution in [2.75, 3.05) is 13.7 Å². The molecule has 4 nitrogen and oxygen atoms in total. The third kappa shape index (κ3) is 2.02. The van der Waals surface area contributed by atoms with Gasteiger partial charge in [-0.2, -0.15) is 0 Å². The van der Waals surface area contributed by atoms with Gasteiger partial charge in [-0.05, 0) is 12.8 Å². The summed E-state index contributed by atoms with van der Waals surface area (Å²) in [4.78, 5) is 4.35. The summed E-state index contributed by atoms with van der Waals surface area (Å²) in [7, 11) is 1.69. The number of imidazole rings is 1. The van der Waals surface area contributed by atoms with E-state index in [9.17, 15) is 0 Å². The first-order valence-corrected chi connectivity index (χ1v) is 5.61. The molecule has 0 amide bonds. The van der Waals surface area contributed by atoms with Gasteiger partial charge >= 0.3 is 0 Å². The Bertz CT molecular complexity index is 351. The SMILES string of the molecule is COCCc1nc(Cl)c2n1CCCC2N. The zero-order chi connectivity index (χ0) is 10.8. The number of methoxy groups -OCH3 is 1. The molecule has 1 aliphatic heterocycles. The lowest BCUT2D eigenvalue weighted by molar-refractivity contribution is 0.199. The number of fused-ring (bicyclic) bond motifs is 1. The highest BCUT2D eigenvalue weighted by Crippen LogP contribution is 2.30. The molecule has 5 heteroatoms. The van der Waals surface area contributed by atoms with Crippen LogP contribution < -0.4 is 5.73 Å². The Morgan fingerprint density at radius 3 is 3.20 bits per heavy atom. The number of hydrogen-bond donors (Lipinski definition) is 1. The molecule has 0 saturated carbocycles. The van der Waals surface area contributed by atoms with E-state index >= 15 is 0 Å². The van der Waals surface area contributed by atoms with Crippen LogP contribution in [0.2, 0.25) is 5.15 Å². The molecule has 1 unspecified atom stereocenters. The maximum Gasteiger partial charge on any atom is 0.152 e. The molecular formula is C10H16ClN3O. The number of aromatic nitrogens is 2. The minimum atomic E-state index is 0.0371. The summed E-state index contributed by atoms with van der Waals surface area (Å²) in [6.07, 6.45) is 2.89. The first kappa shape index (κ1) is 10.9. The number of rotatable bonds is 3. The van der Waals surface area contributed by atoms with E-state index in [1.165, 1.54) is 0 Å². The summed E-state index contributed by atoms with van der Waals surface area (Å²) in [5.41, 5.74) is 7.01. The third-order valence-electron chi connectivity index (χ3n) is 2.82. The number of hydrogen-bond acceptors (Lipinski definition) is 3. The van der Waals surface area contributed by atoms with E-state index in [1.807, 2.05) is 0 Å². The molecule has 0 spiro atoms. The lowest BCUT2D eigenvalue weighted by atomic mass is 10.1. The van der Waals surface area contributed by atoms with Gasteiger partial charge in [-0.25, -0.2) is 4.98 Å². The van der Waals surface area contributed by atoms with Crippen LogP contribution in [0.25, 0.3) is 0 Å². The second-order valence-electron chi connectivity index (χ2n) is 3.85. The van der Waals surface area contributed by atoms with E-state index in [1.54, 1.807) is 7.11 Å². The van der Waals surface area contributed by atoms with Gasteiger partial charge in [-0.3, -0.25) is 0 Å². The van der Waals surface area contributed by atoms with Gasteiger partial charge in [-0.1, -0.05) is 11.6 Å². The molecule has 1 atom stereocenters. The molecular weight excluding hydrogens is 214 g/mol. The molecule has 2 heterocycles. The van der Waals surface area contributed by atoms with Crippen LogP contribution in [0.3, 0.4) is 0 Å². The molecule has 1 aliphatic rings. The van der Waals surface area contributed by atoms with Gasteiger partial charge in [0, 0.05) is 26.1 Å². The van der Waals surface area contributed by atoms with Crippen molar-refractivity contribution in [1.29, 1.82) is 0 Å². The van der Waals surface area contributed by atoms with Gasteiger partial charge in [0.2, 0.25) is 0 Å². The van der Waals surface area contributed by atoms with E-state index in [-0.39, 0.29) is 6.04 Å². The Labute approximate surface area is 94.4 Å². The minimum absolute atomic E-state index is 0.0371. The van der Waals surface area contributed by atoms with Crippen molar-refractivity contribution in [3.63, 3.8) is 0 Å². The molecule has 1 aromatic rings. The fourth-order valence-corrected chi connectivity index (χ4v) is 2.41. The Morgan fingerprint density at radius 2 is 2.47 bits per heavy atom. The number of ether oxygens (including phenoxy) is 1. The number of nitrogens with two attached hydrogens (primary N) is 1. The monoisotopic (exact) mass is 229 g/mol. The number of nitrogens with zero attached hydrogens (tertiary/aromatic N) is 2. The minimum Gasteiger partial charge on any atom is -0.384 e. The van der Waals surface area contributed by atoms with Crippen molar-refractivity contribution in [3.8, 4) is 0 Å². The van der Waals surface area contributed by atoms with Crippen molar-refractivity contribution >= 4 is 11.6 Å². The van der Waals surface area contributed by atoms with Crippen LogP contribution >= 0.6 is 11.6 Å². The molecule has 1 aromatic heterocycles. The average molecular weight is 230 g/mol. The van der Waals surface area contributed by atoms with Crippen molar-refractivity contribution < 1.29 is 4.74 Å². The van der Waals surface area contributed by atoms with Gasteiger partial charge in [0.05, 0.1) is 12.3 Å². The normalized spacial score (nSPS) is 20.3. The van der Waals surface area contributed by atoms with E-state index in [2.05, 4.69) is 9.55 Å². The maximum absolute atomic E-state index is 6.08. The van der Waals surface area contributed by atoms with Gasteiger partial charge in [0.25, 0.3) is 0 Å². The van der Waals surface area contributed by atoms with E-state index < -0.39 is 0 Å². The van der Waals surface area contributed by atoms with Gasteiger partial charge < -0.3 is 15.0 Å². The fraction of sp³-hybridized carbons (Fsp3) is 0.700. The van der Waals surface area contributed by atoms with Crippen molar-refractivity contribution in [2.24, 2.45) is 5.73 Å². The predicted molar refractivity (Wildman–Crippen MR) is 59.0 cm³/mol. The molecule has 15 heavy (non-hydrogen) atoms. The second kappa shape index (κ2) is 4.51. The smallest absolute Gasteiger partial charge is 0.152 e. The standard InChI is InChI=1S/C10H16ClN3O/c1-15-6-4-8-13-10(11)9-7(12)3-2-5-14(8)9/h7H,2-6,12H2,1H3. The highest BCUT2D eigenvalue weighted by molar-refractivity contribution is 6.30. The molecule has 2 rings (SSSR count). The zero-order valence-corrected chi connectivity index (χ0v) is 9.63. The van der Waals surface area contributed by atoms with Crippen LogP contribution in [-0.2, 0) is 17.7 Å². The van der Waals surface area contributed by atoms with Crippen LogP contribution in [-0.4, -0.2) is 23.3 Å². The molecule has 0 bridgehead atoms. The van der Waals surface area contributed by atoms with Crippen LogP contribution in [0.4, 0.5) is 0 Å². The maximum atomic E-state index is 6.08. The highest BCUT2D eigenvalue weighted by Gasteiger charge is 2.24. The topological polar surface area (TPSA) is 53.1 Å². The first-order valence-electron chi connectivity index (χ1n) is 5.23. The van der Waals surface area contributed by atoms with E-state index in [0.29, 0.717) is 11.8 Å². The van der Waals surface area contributed by atoms with E-state index in [4.69, 9.17) is 22.1 Å². The molecule has 84 valence electrons. The largest absolute Gasteiger partial charge is 0.384 e. The summed E-state index contributed by atoms with van der Waals surface area (Å²) in [5.74, 6) is 0.993. The Balaban J connectivity index is 2.29. The van der Waals surface area contributed by atoms with Crippen LogP contribution in [0, 0.1) is 0 Å². The van der Waals surface area contributed by atoms with Gasteiger partial charge in [0.1, 0.15) is 5.82 Å². The Morgan fingerprint density at radius 1 is 1.67 bits per heavy atom. The van der Waals surface area contributed by atoms with Crippen molar-refractivity contribution in [2.45, 2.75) is 31.8 Å². The Kier molecular flexibility index (Phi) is 3.29. The predicted octanol–water partition coefficient (Wildman–Crippen LogP) is 1.52. The molecule has 0 fully saturated rings. The summed E-state index contributed by atoms with van der Waals surface area (Å²) >= 11 is 6.08. The number of halogens is 1. The summed E-state index contributed by atoms with van der Waals surface area (Å²) in [6.45, 7) is 1.64. The summed E-state index contributed by atoms with van der Waals surface area (Å²) in [5, 5.41) is 0.563. The third-order valence-corrected chi connectivity index (χ3v) is 3.10. The molecule has 2 N–H and O–H groups in total. The van der Waals surface area contributed by atoms with Crippen LogP contribution in [0.1, 0.15) is 30.4 Å². The highest BCUT2D eigenvalue weighted by atomic mass is 35.5. The molecule has 0 radical (unpaired) electrons. The molecule has 0 saturated heterocycles. The molecule has 0 aliphatic carbocycles. The van der Waals surface area contributed by atoms with Crippen LogP contribution in [0.15, 0.2) is 0 Å². The fourth-order valence-electron chi connectivity index (χ4n) is 2.07. The quantitative estimate of drug-likeness (QED) is 0.855. The second-order valence-corrected chi connectivity index (χ2v) is 4.21. The zero-order valence-electron chi connectivity index (χ0n) is 8.87. The molecule has 0 aromatic carbocycles. The summed E-state index contributed by atoms with van der Waals surface area (Å²) < 4.78 is 7.19. The van der Waals surface area contributed by atoms with Crippen molar-refractivity contribution in [3.05, 3.63) is 16.7 Å². The lowest BCUT2D eigenvalue weighted by Gasteiger charge is -2.22. The van der Waals surface area contributed by atoms with Gasteiger partial charge in [-0.15, -0.1) is 0 Å². The van der Waals surface area contributed by atoms with Gasteiger partial charge in [0.15, 0.2) is 5.15 Å². The summed E-state index contributed by atoms with van der Waals surface area (Å²) in [6, 6.07) is 0.0371. The van der Waals surface area contributed by atoms with Crippen LogP contribution in [0.5, 0.6) is 0 Å². The average Bonchev–Trinajstić information content (AvgIpc) is 2.54. The van der Waals surface area contributed by atoms with E-state index in [0.717, 1.165) is 37.3 Å². The van der Waals surface area contributed by atoms with Crippen molar-refractivity contribution in [1.82, 2.24) is 9.55 Å². The Hall–Kier alpha value is -0.580. The first-order chi connectivity index (χ1) is 7.24. The lowest BCUT2D eigenvalue weighted by Crippen LogP contribution is -2.23.